The monoisotopic (exact) mass is 281 g/mol. The average molecular weight is 281 g/mol. The Kier molecular flexibility index (Phi) is 3.67. The molecule has 4 aliphatic heterocycles. The lowest BCUT2D eigenvalue weighted by Gasteiger charge is -2.57. The molecule has 114 valence electrons. The number of nitrogens with zero attached hydrogens (tertiary/aromatic N) is 2. The normalized spacial score (nSPS) is 31.9. The van der Waals surface area contributed by atoms with Crippen molar-refractivity contribution in [2.75, 3.05) is 26.2 Å². The zero-order valence-electron chi connectivity index (χ0n) is 12.9. The number of piperazine rings is 1. The fourth-order valence-electron chi connectivity index (χ4n) is 3.73. The van der Waals surface area contributed by atoms with Crippen molar-refractivity contribution in [3.8, 4) is 0 Å². The number of ether oxygens (including phenoxy) is 1. The second kappa shape index (κ2) is 5.19. The molecule has 0 aromatic rings. The summed E-state index contributed by atoms with van der Waals surface area (Å²) in [6, 6.07) is 1.46. The van der Waals surface area contributed by atoms with E-state index in [1.165, 1.54) is 12.8 Å². The number of fused-ring (bicyclic) bond motifs is 2. The van der Waals surface area contributed by atoms with Crippen molar-refractivity contribution in [3.05, 3.63) is 0 Å². The molecule has 20 heavy (non-hydrogen) atoms. The number of amides is 1. The maximum absolute atomic E-state index is 12.2. The number of carbonyl (C=O) groups is 1. The highest BCUT2D eigenvalue weighted by molar-refractivity contribution is 5.70. The molecule has 4 aliphatic rings. The quantitative estimate of drug-likeness (QED) is 0.790. The Morgan fingerprint density at radius 1 is 1.10 bits per heavy atom. The lowest BCUT2D eigenvalue weighted by molar-refractivity contribution is -0.0879. The van der Waals surface area contributed by atoms with Crippen LogP contribution in [0.1, 0.15) is 40.0 Å². The highest BCUT2D eigenvalue weighted by Gasteiger charge is 2.49. The van der Waals surface area contributed by atoms with Gasteiger partial charge in [0.1, 0.15) is 5.60 Å². The summed E-state index contributed by atoms with van der Waals surface area (Å²) >= 11 is 0. The van der Waals surface area contributed by atoms with Crippen LogP contribution in [-0.4, -0.2) is 65.8 Å². The fourth-order valence-corrected chi connectivity index (χ4v) is 3.73. The van der Waals surface area contributed by atoms with Gasteiger partial charge in [-0.25, -0.2) is 4.79 Å². The van der Waals surface area contributed by atoms with E-state index in [0.717, 1.165) is 32.6 Å². The first kappa shape index (κ1) is 14.1. The second-order valence-electron chi connectivity index (χ2n) is 7.37. The van der Waals surface area contributed by atoms with E-state index in [0.29, 0.717) is 18.1 Å². The van der Waals surface area contributed by atoms with E-state index >= 15 is 0 Å². The Morgan fingerprint density at radius 3 is 2.25 bits per heavy atom. The first-order valence-electron chi connectivity index (χ1n) is 7.90. The Labute approximate surface area is 121 Å². The van der Waals surface area contributed by atoms with Crippen molar-refractivity contribution >= 4 is 6.09 Å². The number of hydrogen-bond acceptors (Lipinski definition) is 4. The van der Waals surface area contributed by atoms with Gasteiger partial charge in [0, 0.05) is 19.1 Å². The van der Waals surface area contributed by atoms with Gasteiger partial charge in [-0.05, 0) is 53.1 Å². The molecule has 4 saturated heterocycles. The first-order valence-corrected chi connectivity index (χ1v) is 7.90. The largest absolute Gasteiger partial charge is 0.444 e. The third-order valence-electron chi connectivity index (χ3n) is 4.65. The third-order valence-corrected chi connectivity index (χ3v) is 4.65. The molecule has 2 atom stereocenters. The Morgan fingerprint density at radius 2 is 1.70 bits per heavy atom. The maximum Gasteiger partial charge on any atom is 0.410 e. The summed E-state index contributed by atoms with van der Waals surface area (Å²) in [7, 11) is 0. The van der Waals surface area contributed by atoms with E-state index in [4.69, 9.17) is 4.74 Å². The molecule has 0 radical (unpaired) electrons. The topological polar surface area (TPSA) is 44.8 Å². The van der Waals surface area contributed by atoms with Crippen LogP contribution in [0.4, 0.5) is 4.79 Å². The summed E-state index contributed by atoms with van der Waals surface area (Å²) in [4.78, 5) is 16.8. The molecular weight excluding hydrogens is 254 g/mol. The van der Waals surface area contributed by atoms with Crippen LogP contribution in [0.5, 0.6) is 0 Å². The van der Waals surface area contributed by atoms with Gasteiger partial charge in [-0.3, -0.25) is 9.80 Å². The predicted molar refractivity (Wildman–Crippen MR) is 77.7 cm³/mol. The van der Waals surface area contributed by atoms with Crippen LogP contribution in [0.25, 0.3) is 0 Å². The molecule has 1 N–H and O–H groups in total. The predicted octanol–water partition coefficient (Wildman–Crippen LogP) is 1.43. The van der Waals surface area contributed by atoms with E-state index in [-0.39, 0.29) is 6.09 Å². The van der Waals surface area contributed by atoms with Crippen LogP contribution in [0.2, 0.25) is 0 Å². The minimum Gasteiger partial charge on any atom is -0.444 e. The average Bonchev–Trinajstić information content (AvgIpc) is 2.37. The van der Waals surface area contributed by atoms with Gasteiger partial charge in [-0.1, -0.05) is 0 Å². The zero-order valence-corrected chi connectivity index (χ0v) is 12.9. The summed E-state index contributed by atoms with van der Waals surface area (Å²) in [5, 5.41) is 3.42. The minimum absolute atomic E-state index is 0.122. The van der Waals surface area contributed by atoms with Gasteiger partial charge in [-0.15, -0.1) is 0 Å². The molecular formula is C15H27N3O2. The van der Waals surface area contributed by atoms with Gasteiger partial charge in [-0.2, -0.15) is 0 Å². The first-order chi connectivity index (χ1) is 9.44. The number of hydrogen-bond donors (Lipinski definition) is 1. The summed E-state index contributed by atoms with van der Waals surface area (Å²) < 4.78 is 5.52. The van der Waals surface area contributed by atoms with Crippen LogP contribution < -0.4 is 5.32 Å². The summed E-state index contributed by atoms with van der Waals surface area (Å²) in [6.45, 7) is 10.1. The lowest BCUT2D eigenvalue weighted by Crippen LogP contribution is -2.71. The molecule has 0 saturated carbocycles. The second-order valence-corrected chi connectivity index (χ2v) is 7.37. The third kappa shape index (κ3) is 2.79. The van der Waals surface area contributed by atoms with Crippen LogP contribution in [-0.2, 0) is 4.74 Å². The highest BCUT2D eigenvalue weighted by Crippen LogP contribution is 2.35. The Balaban J connectivity index is 1.55. The van der Waals surface area contributed by atoms with Gasteiger partial charge in [0.15, 0.2) is 0 Å². The number of carbonyl (C=O) groups excluding carboxylic acids is 1. The van der Waals surface area contributed by atoms with E-state index in [2.05, 4.69) is 10.2 Å². The van der Waals surface area contributed by atoms with Crippen molar-refractivity contribution in [3.63, 3.8) is 0 Å². The number of piperidine rings is 2. The van der Waals surface area contributed by atoms with Gasteiger partial charge < -0.3 is 10.1 Å². The highest BCUT2D eigenvalue weighted by atomic mass is 16.6. The van der Waals surface area contributed by atoms with E-state index in [9.17, 15) is 4.79 Å². The smallest absolute Gasteiger partial charge is 0.410 e. The van der Waals surface area contributed by atoms with Crippen LogP contribution >= 0.6 is 0 Å². The maximum atomic E-state index is 12.2. The molecule has 0 aromatic heterocycles. The summed E-state index contributed by atoms with van der Waals surface area (Å²) in [6.07, 6.45) is 3.52. The summed E-state index contributed by atoms with van der Waals surface area (Å²) in [5.41, 5.74) is -0.393. The molecule has 2 bridgehead atoms. The van der Waals surface area contributed by atoms with E-state index < -0.39 is 5.60 Å². The molecule has 2 unspecified atom stereocenters. The molecule has 0 aromatic carbocycles. The molecule has 4 rings (SSSR count). The van der Waals surface area contributed by atoms with Crippen LogP contribution in [0.3, 0.4) is 0 Å². The zero-order chi connectivity index (χ0) is 14.3. The molecule has 0 aliphatic carbocycles. The van der Waals surface area contributed by atoms with Gasteiger partial charge in [0.25, 0.3) is 0 Å². The molecule has 4 heterocycles. The van der Waals surface area contributed by atoms with Crippen molar-refractivity contribution in [2.45, 2.75) is 63.8 Å². The van der Waals surface area contributed by atoms with Crippen LogP contribution in [0, 0.1) is 0 Å². The van der Waals surface area contributed by atoms with Crippen molar-refractivity contribution in [2.24, 2.45) is 0 Å². The van der Waals surface area contributed by atoms with E-state index in [1.807, 2.05) is 25.7 Å². The van der Waals surface area contributed by atoms with Gasteiger partial charge in [0.05, 0.1) is 12.1 Å². The van der Waals surface area contributed by atoms with Crippen molar-refractivity contribution < 1.29 is 9.53 Å². The molecule has 1 amide bonds. The van der Waals surface area contributed by atoms with Crippen LogP contribution in [0.15, 0.2) is 0 Å². The van der Waals surface area contributed by atoms with Crippen molar-refractivity contribution in [1.82, 2.24) is 15.1 Å². The molecule has 5 heteroatoms. The standard InChI is InChI=1S/C15H27N3O2/c1-15(2,3)20-14(19)18-12-8-13(18)10-17(9-12)11-4-6-16-7-5-11/h11-13,16H,4-10H2,1-3H3. The Bertz CT molecular complexity index is 362. The SMILES string of the molecule is CC(C)(C)OC(=O)N1C2CC1CN(C1CCNCC1)C2. The molecule has 5 nitrogen and oxygen atoms in total. The van der Waals surface area contributed by atoms with Gasteiger partial charge >= 0.3 is 6.09 Å². The number of nitrogens with one attached hydrogen (secondary N) is 1. The fraction of sp³-hybridized carbons (Fsp3) is 0.933. The lowest BCUT2D eigenvalue weighted by atomic mass is 9.86. The van der Waals surface area contributed by atoms with E-state index in [1.54, 1.807) is 0 Å². The summed E-state index contributed by atoms with van der Waals surface area (Å²) in [5.74, 6) is 0. The minimum atomic E-state index is -0.393. The van der Waals surface area contributed by atoms with Gasteiger partial charge in [0.2, 0.25) is 0 Å². The Hall–Kier alpha value is -0.810. The number of rotatable bonds is 1. The van der Waals surface area contributed by atoms with Crippen molar-refractivity contribution in [1.29, 1.82) is 0 Å². The molecule has 4 fully saturated rings. The molecule has 0 spiro atoms.